The lowest BCUT2D eigenvalue weighted by Gasteiger charge is -2.26. The van der Waals surface area contributed by atoms with Crippen molar-refractivity contribution >= 4 is 0 Å². The summed E-state index contributed by atoms with van der Waals surface area (Å²) in [6, 6.07) is 0. The van der Waals surface area contributed by atoms with Gasteiger partial charge in [-0.3, -0.25) is 0 Å². The van der Waals surface area contributed by atoms with Gasteiger partial charge in [0.25, 0.3) is 0 Å². The molecule has 0 aromatic rings. The van der Waals surface area contributed by atoms with E-state index in [0.29, 0.717) is 0 Å². The summed E-state index contributed by atoms with van der Waals surface area (Å²) >= 11 is 0. The van der Waals surface area contributed by atoms with Crippen LogP contribution in [0.3, 0.4) is 0 Å². The number of aliphatic hydroxyl groups is 1. The van der Waals surface area contributed by atoms with E-state index in [2.05, 4.69) is 24.1 Å². The van der Waals surface area contributed by atoms with Crippen LogP contribution >= 0.6 is 0 Å². The first-order valence-corrected chi connectivity index (χ1v) is 5.14. The quantitative estimate of drug-likeness (QED) is 0.617. The molecule has 0 spiro atoms. The highest BCUT2D eigenvalue weighted by Gasteiger charge is 2.14. The predicted octanol–water partition coefficient (Wildman–Crippen LogP) is 0.689. The van der Waals surface area contributed by atoms with Crippen LogP contribution in [0, 0.1) is 0 Å². The molecular formula is C10H24N2O. The van der Waals surface area contributed by atoms with Gasteiger partial charge < -0.3 is 15.3 Å². The summed E-state index contributed by atoms with van der Waals surface area (Å²) in [4.78, 5) is 2.36. The van der Waals surface area contributed by atoms with Gasteiger partial charge in [0, 0.05) is 18.6 Å². The minimum absolute atomic E-state index is 0.146. The molecule has 0 rings (SSSR count). The Labute approximate surface area is 82.1 Å². The number of aliphatic hydroxyl groups excluding tert-OH is 1. The molecule has 0 aromatic carbocycles. The van der Waals surface area contributed by atoms with Crippen LogP contribution < -0.4 is 5.32 Å². The zero-order valence-electron chi connectivity index (χ0n) is 9.43. The van der Waals surface area contributed by atoms with E-state index in [1.807, 2.05) is 13.8 Å². The van der Waals surface area contributed by atoms with E-state index in [0.717, 1.165) is 26.2 Å². The molecule has 0 aromatic heterocycles. The Kier molecular flexibility index (Phi) is 6.29. The number of hydrogen-bond donors (Lipinski definition) is 2. The van der Waals surface area contributed by atoms with Crippen LogP contribution in [0.15, 0.2) is 0 Å². The van der Waals surface area contributed by atoms with Crippen LogP contribution in [-0.2, 0) is 0 Å². The maximum Gasteiger partial charge on any atom is 0.0607 e. The molecule has 0 aliphatic heterocycles. The molecule has 3 heteroatoms. The maximum atomic E-state index is 9.00. The fourth-order valence-corrected chi connectivity index (χ4v) is 1.15. The molecule has 0 bridgehead atoms. The monoisotopic (exact) mass is 188 g/mol. The van der Waals surface area contributed by atoms with Crippen LogP contribution in [0.1, 0.15) is 27.7 Å². The first-order valence-electron chi connectivity index (χ1n) is 5.14. The van der Waals surface area contributed by atoms with Gasteiger partial charge in [0.05, 0.1) is 6.61 Å². The highest BCUT2D eigenvalue weighted by Crippen LogP contribution is 1.98. The maximum absolute atomic E-state index is 9.00. The van der Waals surface area contributed by atoms with Crippen molar-refractivity contribution in [2.24, 2.45) is 0 Å². The standard InChI is InChI=1S/C10H24N2O/c1-5-12(6-2)8-7-11-10(3,4)9-13/h11,13H,5-9H2,1-4H3. The van der Waals surface area contributed by atoms with Crippen molar-refractivity contribution in [2.75, 3.05) is 32.8 Å². The SMILES string of the molecule is CCN(CC)CCNC(C)(C)CO. The number of rotatable bonds is 7. The van der Waals surface area contributed by atoms with E-state index >= 15 is 0 Å². The van der Waals surface area contributed by atoms with Gasteiger partial charge in [-0.1, -0.05) is 13.8 Å². The molecule has 13 heavy (non-hydrogen) atoms. The topological polar surface area (TPSA) is 35.5 Å². The van der Waals surface area contributed by atoms with Crippen molar-refractivity contribution in [3.05, 3.63) is 0 Å². The van der Waals surface area contributed by atoms with Crippen molar-refractivity contribution in [3.8, 4) is 0 Å². The van der Waals surface area contributed by atoms with Gasteiger partial charge >= 0.3 is 0 Å². The van der Waals surface area contributed by atoms with Crippen LogP contribution in [0.4, 0.5) is 0 Å². The van der Waals surface area contributed by atoms with Gasteiger partial charge in [-0.15, -0.1) is 0 Å². The summed E-state index contributed by atoms with van der Waals surface area (Å²) < 4.78 is 0. The molecule has 2 N–H and O–H groups in total. The molecule has 0 fully saturated rings. The van der Waals surface area contributed by atoms with E-state index in [-0.39, 0.29) is 12.1 Å². The number of nitrogens with one attached hydrogen (secondary N) is 1. The summed E-state index contributed by atoms with van der Waals surface area (Å²) in [5.41, 5.74) is -0.146. The van der Waals surface area contributed by atoms with Crippen LogP contribution in [0.25, 0.3) is 0 Å². The Morgan fingerprint density at radius 3 is 2.15 bits per heavy atom. The van der Waals surface area contributed by atoms with Crippen LogP contribution in [0.2, 0.25) is 0 Å². The van der Waals surface area contributed by atoms with Crippen molar-refractivity contribution in [1.82, 2.24) is 10.2 Å². The zero-order chi connectivity index (χ0) is 10.3. The van der Waals surface area contributed by atoms with E-state index < -0.39 is 0 Å². The van der Waals surface area contributed by atoms with Crippen molar-refractivity contribution in [1.29, 1.82) is 0 Å². The Bertz CT molecular complexity index is 122. The molecule has 0 saturated heterocycles. The Morgan fingerprint density at radius 2 is 1.77 bits per heavy atom. The minimum atomic E-state index is -0.146. The Balaban J connectivity index is 3.54. The molecule has 0 aliphatic carbocycles. The fourth-order valence-electron chi connectivity index (χ4n) is 1.15. The van der Waals surface area contributed by atoms with Crippen molar-refractivity contribution < 1.29 is 5.11 Å². The van der Waals surface area contributed by atoms with E-state index in [1.165, 1.54) is 0 Å². The Hall–Kier alpha value is -0.120. The summed E-state index contributed by atoms with van der Waals surface area (Å²) in [7, 11) is 0. The highest BCUT2D eigenvalue weighted by atomic mass is 16.3. The molecule has 0 atom stereocenters. The van der Waals surface area contributed by atoms with Gasteiger partial charge in [0.1, 0.15) is 0 Å². The molecule has 0 saturated carbocycles. The third-order valence-corrected chi connectivity index (χ3v) is 2.32. The third-order valence-electron chi connectivity index (χ3n) is 2.32. The minimum Gasteiger partial charge on any atom is -0.394 e. The first kappa shape index (κ1) is 12.9. The predicted molar refractivity (Wildman–Crippen MR) is 57.0 cm³/mol. The highest BCUT2D eigenvalue weighted by molar-refractivity contribution is 4.76. The molecular weight excluding hydrogens is 164 g/mol. The van der Waals surface area contributed by atoms with E-state index in [9.17, 15) is 0 Å². The second-order valence-electron chi connectivity index (χ2n) is 4.00. The number of hydrogen-bond acceptors (Lipinski definition) is 3. The number of nitrogens with zero attached hydrogens (tertiary/aromatic N) is 1. The Morgan fingerprint density at radius 1 is 1.23 bits per heavy atom. The lowest BCUT2D eigenvalue weighted by Crippen LogP contribution is -2.46. The van der Waals surface area contributed by atoms with Gasteiger partial charge in [0.15, 0.2) is 0 Å². The van der Waals surface area contributed by atoms with Crippen LogP contribution in [0.5, 0.6) is 0 Å². The van der Waals surface area contributed by atoms with Gasteiger partial charge in [0.2, 0.25) is 0 Å². The van der Waals surface area contributed by atoms with Crippen LogP contribution in [-0.4, -0.2) is 48.3 Å². The lowest BCUT2D eigenvalue weighted by molar-refractivity contribution is 0.181. The van der Waals surface area contributed by atoms with Gasteiger partial charge in [-0.05, 0) is 26.9 Å². The molecule has 0 amide bonds. The normalized spacial score (nSPS) is 12.5. The summed E-state index contributed by atoms with van der Waals surface area (Å²) in [5.74, 6) is 0. The molecule has 0 aliphatic rings. The summed E-state index contributed by atoms with van der Waals surface area (Å²) in [6.07, 6.45) is 0. The largest absolute Gasteiger partial charge is 0.394 e. The molecule has 0 unspecified atom stereocenters. The molecule has 0 heterocycles. The van der Waals surface area contributed by atoms with Gasteiger partial charge in [-0.2, -0.15) is 0 Å². The summed E-state index contributed by atoms with van der Waals surface area (Å²) in [6.45, 7) is 12.7. The fraction of sp³-hybridized carbons (Fsp3) is 1.00. The zero-order valence-corrected chi connectivity index (χ0v) is 9.43. The van der Waals surface area contributed by atoms with Gasteiger partial charge in [-0.25, -0.2) is 0 Å². The smallest absolute Gasteiger partial charge is 0.0607 e. The lowest BCUT2D eigenvalue weighted by atomic mass is 10.1. The van der Waals surface area contributed by atoms with Crippen molar-refractivity contribution in [3.63, 3.8) is 0 Å². The first-order chi connectivity index (χ1) is 6.05. The summed E-state index contributed by atoms with van der Waals surface area (Å²) in [5, 5.41) is 12.3. The second kappa shape index (κ2) is 6.35. The van der Waals surface area contributed by atoms with E-state index in [1.54, 1.807) is 0 Å². The molecule has 3 nitrogen and oxygen atoms in total. The second-order valence-corrected chi connectivity index (χ2v) is 4.00. The third kappa shape index (κ3) is 6.02. The average Bonchev–Trinajstić information content (AvgIpc) is 2.12. The molecule has 0 radical (unpaired) electrons. The average molecular weight is 188 g/mol. The molecule has 80 valence electrons. The van der Waals surface area contributed by atoms with E-state index in [4.69, 9.17) is 5.11 Å². The van der Waals surface area contributed by atoms with Crippen molar-refractivity contribution in [2.45, 2.75) is 33.2 Å². The number of likely N-dealkylation sites (N-methyl/N-ethyl adjacent to an activating group) is 1.